The molecule has 0 bridgehead atoms. The first-order valence-electron chi connectivity index (χ1n) is 11.6. The molecule has 2 aromatic heterocycles. The topological polar surface area (TPSA) is 45.5 Å². The average molecular weight is 537 g/mol. The Morgan fingerprint density at radius 3 is 2.79 bits per heavy atom. The van der Waals surface area contributed by atoms with Crippen LogP contribution in [0.25, 0.3) is 23.0 Å². The smallest absolute Gasteiger partial charge is 0.172 e. The maximum Gasteiger partial charge on any atom is 0.172 e. The lowest BCUT2D eigenvalue weighted by Gasteiger charge is -2.32. The van der Waals surface area contributed by atoms with E-state index in [0.717, 1.165) is 53.4 Å². The summed E-state index contributed by atoms with van der Waals surface area (Å²) < 4.78 is 2.71. The Morgan fingerprint density at radius 2 is 1.94 bits per heavy atom. The van der Waals surface area contributed by atoms with E-state index in [-0.39, 0.29) is 0 Å². The highest BCUT2D eigenvalue weighted by molar-refractivity contribution is 9.10. The van der Waals surface area contributed by atoms with Gasteiger partial charge in [0.05, 0.1) is 16.4 Å². The molecule has 5 nitrogen and oxygen atoms in total. The van der Waals surface area contributed by atoms with Crippen LogP contribution < -0.4 is 5.32 Å². The minimum atomic E-state index is 0.574. The van der Waals surface area contributed by atoms with Crippen molar-refractivity contribution in [2.24, 2.45) is 5.92 Å². The summed E-state index contributed by atoms with van der Waals surface area (Å²) in [6.45, 7) is 4.10. The molecule has 1 N–H and O–H groups in total. The third-order valence-electron chi connectivity index (χ3n) is 6.23. The monoisotopic (exact) mass is 535 g/mol. The number of nitrogens with one attached hydrogen (secondary N) is 1. The van der Waals surface area contributed by atoms with E-state index in [1.165, 1.54) is 18.4 Å². The molecule has 4 aromatic rings. The van der Waals surface area contributed by atoms with E-state index in [4.69, 9.17) is 16.6 Å². The lowest BCUT2D eigenvalue weighted by atomic mass is 9.98. The van der Waals surface area contributed by atoms with Gasteiger partial charge in [0.15, 0.2) is 5.65 Å². The predicted octanol–water partition coefficient (Wildman–Crippen LogP) is 6.65. The molecule has 1 unspecified atom stereocenters. The van der Waals surface area contributed by atoms with Gasteiger partial charge in [-0.1, -0.05) is 72.3 Å². The molecule has 0 spiro atoms. The largest absolute Gasteiger partial charge is 0.370 e. The number of aromatic nitrogens is 3. The second-order valence-corrected chi connectivity index (χ2v) is 9.96. The molecule has 1 aliphatic rings. The second-order valence-electron chi connectivity index (χ2n) is 8.70. The number of fused-ring (bicyclic) bond motifs is 1. The van der Waals surface area contributed by atoms with Gasteiger partial charge in [-0.05, 0) is 52.9 Å². The number of anilines is 1. The van der Waals surface area contributed by atoms with Crippen molar-refractivity contribution in [3.63, 3.8) is 0 Å². The molecule has 0 aliphatic carbocycles. The first-order chi connectivity index (χ1) is 16.7. The number of benzene rings is 2. The summed E-state index contributed by atoms with van der Waals surface area (Å²) in [5.41, 5.74) is 3.77. The minimum absolute atomic E-state index is 0.574. The maximum absolute atomic E-state index is 6.47. The standard InChI is InChI=1S/C27H27BrClN5/c28-23-18-31-34-26(16-25(32-27(23)34)22-12-4-5-13-24(22)29)30-17-21-11-7-15-33(19-21)14-6-10-20-8-2-1-3-9-20/h1-6,8-10,12-13,16,18,21,30H,7,11,14-15,17,19H2. The number of nitrogens with zero attached hydrogens (tertiary/aromatic N) is 4. The van der Waals surface area contributed by atoms with Gasteiger partial charge in [0.1, 0.15) is 5.82 Å². The van der Waals surface area contributed by atoms with Crippen molar-refractivity contribution in [2.45, 2.75) is 12.8 Å². The second kappa shape index (κ2) is 10.7. The summed E-state index contributed by atoms with van der Waals surface area (Å²) in [7, 11) is 0. The van der Waals surface area contributed by atoms with Crippen LogP contribution in [0.15, 0.2) is 77.4 Å². The normalized spacial score (nSPS) is 16.9. The minimum Gasteiger partial charge on any atom is -0.370 e. The number of likely N-dealkylation sites (tertiary alicyclic amines) is 1. The van der Waals surface area contributed by atoms with Crippen molar-refractivity contribution in [2.75, 3.05) is 31.5 Å². The quantitative estimate of drug-likeness (QED) is 0.287. The number of hydrogen-bond donors (Lipinski definition) is 1. The van der Waals surface area contributed by atoms with E-state index in [1.807, 2.05) is 34.8 Å². The zero-order valence-electron chi connectivity index (χ0n) is 18.9. The van der Waals surface area contributed by atoms with E-state index < -0.39 is 0 Å². The molecule has 1 atom stereocenters. The highest BCUT2D eigenvalue weighted by Crippen LogP contribution is 2.30. The van der Waals surface area contributed by atoms with Crippen LogP contribution in [-0.2, 0) is 0 Å². The van der Waals surface area contributed by atoms with E-state index >= 15 is 0 Å². The third-order valence-corrected chi connectivity index (χ3v) is 7.12. The van der Waals surface area contributed by atoms with Crippen LogP contribution in [0.2, 0.25) is 5.02 Å². The van der Waals surface area contributed by atoms with Crippen LogP contribution in [0.5, 0.6) is 0 Å². The number of halogens is 2. The van der Waals surface area contributed by atoms with Crippen molar-refractivity contribution in [3.8, 4) is 11.3 Å². The summed E-state index contributed by atoms with van der Waals surface area (Å²) >= 11 is 10.0. The molecular weight excluding hydrogens is 510 g/mol. The molecule has 0 saturated carbocycles. The molecule has 34 heavy (non-hydrogen) atoms. The van der Waals surface area contributed by atoms with Crippen molar-refractivity contribution >= 4 is 45.1 Å². The van der Waals surface area contributed by atoms with Gasteiger partial charge in [0.2, 0.25) is 0 Å². The Labute approximate surface area is 213 Å². The molecule has 174 valence electrons. The van der Waals surface area contributed by atoms with Gasteiger partial charge < -0.3 is 5.32 Å². The van der Waals surface area contributed by atoms with Gasteiger partial charge in [0.25, 0.3) is 0 Å². The van der Waals surface area contributed by atoms with E-state index in [0.29, 0.717) is 10.9 Å². The summed E-state index contributed by atoms with van der Waals surface area (Å²) in [6.07, 6.45) is 8.71. The molecule has 0 amide bonds. The van der Waals surface area contributed by atoms with Gasteiger partial charge in [-0.2, -0.15) is 9.61 Å². The number of hydrogen-bond acceptors (Lipinski definition) is 4. The fourth-order valence-electron chi connectivity index (χ4n) is 4.50. The molecule has 5 rings (SSSR count). The SMILES string of the molecule is Clc1ccccc1-c1cc(NCC2CCCN(CC=Cc3ccccc3)C2)n2ncc(Br)c2n1. The lowest BCUT2D eigenvalue weighted by Crippen LogP contribution is -2.38. The van der Waals surface area contributed by atoms with Crippen molar-refractivity contribution < 1.29 is 0 Å². The first kappa shape index (κ1) is 23.1. The molecule has 2 aromatic carbocycles. The van der Waals surface area contributed by atoms with Crippen LogP contribution in [0.1, 0.15) is 18.4 Å². The zero-order chi connectivity index (χ0) is 23.3. The average Bonchev–Trinajstić information content (AvgIpc) is 3.24. The van der Waals surface area contributed by atoms with E-state index in [2.05, 4.69) is 73.7 Å². The summed E-state index contributed by atoms with van der Waals surface area (Å²) in [4.78, 5) is 7.34. The molecule has 3 heterocycles. The number of rotatable bonds is 7. The predicted molar refractivity (Wildman–Crippen MR) is 144 cm³/mol. The highest BCUT2D eigenvalue weighted by atomic mass is 79.9. The maximum atomic E-state index is 6.47. The van der Waals surface area contributed by atoms with Gasteiger partial charge in [-0.3, -0.25) is 4.90 Å². The van der Waals surface area contributed by atoms with Gasteiger partial charge in [-0.25, -0.2) is 4.98 Å². The summed E-state index contributed by atoms with van der Waals surface area (Å²) in [5, 5.41) is 8.86. The molecule has 0 radical (unpaired) electrons. The third kappa shape index (κ3) is 5.35. The van der Waals surface area contributed by atoms with Gasteiger partial charge >= 0.3 is 0 Å². The Morgan fingerprint density at radius 1 is 1.12 bits per heavy atom. The Kier molecular flexibility index (Phi) is 7.28. The zero-order valence-corrected chi connectivity index (χ0v) is 21.2. The van der Waals surface area contributed by atoms with E-state index in [1.54, 1.807) is 6.20 Å². The van der Waals surface area contributed by atoms with Gasteiger partial charge in [-0.15, -0.1) is 0 Å². The van der Waals surface area contributed by atoms with Crippen LogP contribution in [0.4, 0.5) is 5.82 Å². The van der Waals surface area contributed by atoms with Crippen molar-refractivity contribution in [1.29, 1.82) is 0 Å². The molecule has 1 aliphatic heterocycles. The van der Waals surface area contributed by atoms with Crippen molar-refractivity contribution in [3.05, 3.63) is 88.0 Å². The van der Waals surface area contributed by atoms with Gasteiger partial charge in [0, 0.05) is 36.3 Å². The summed E-state index contributed by atoms with van der Waals surface area (Å²) in [5.74, 6) is 1.50. The van der Waals surface area contributed by atoms with Crippen LogP contribution >= 0.6 is 27.5 Å². The molecule has 1 fully saturated rings. The van der Waals surface area contributed by atoms with Crippen LogP contribution in [0, 0.1) is 5.92 Å². The van der Waals surface area contributed by atoms with E-state index in [9.17, 15) is 0 Å². The van der Waals surface area contributed by atoms with Crippen LogP contribution in [0.3, 0.4) is 0 Å². The van der Waals surface area contributed by atoms with Crippen LogP contribution in [-0.4, -0.2) is 45.7 Å². The molecule has 1 saturated heterocycles. The Bertz CT molecular complexity index is 1290. The molecule has 7 heteroatoms. The fourth-order valence-corrected chi connectivity index (χ4v) is 5.08. The lowest BCUT2D eigenvalue weighted by molar-refractivity contribution is 0.197. The molecular formula is C27H27BrClN5. The first-order valence-corrected chi connectivity index (χ1v) is 12.8. The Balaban J connectivity index is 1.28. The Hall–Kier alpha value is -2.67. The highest BCUT2D eigenvalue weighted by Gasteiger charge is 2.20. The summed E-state index contributed by atoms with van der Waals surface area (Å²) in [6, 6.07) is 20.3. The number of piperidine rings is 1. The fraction of sp³-hybridized carbons (Fsp3) is 0.259. The van der Waals surface area contributed by atoms with Crippen molar-refractivity contribution in [1.82, 2.24) is 19.5 Å².